The number of carbonyl (C=O) groups is 1. The Balaban J connectivity index is 1.31. The van der Waals surface area contributed by atoms with Crippen molar-refractivity contribution in [3.05, 3.63) is 104 Å². The molecule has 32 heavy (non-hydrogen) atoms. The van der Waals surface area contributed by atoms with Gasteiger partial charge in [0, 0.05) is 43.0 Å². The quantitative estimate of drug-likeness (QED) is 0.698. The van der Waals surface area contributed by atoms with Crippen LogP contribution in [0.5, 0.6) is 0 Å². The number of amides is 1. The SMILES string of the molecule is CC12c3ccccc3C(c3ccccc31)C1CN(C(=O)CCn3[nH]c(=O)ccc3=O)CC12. The first-order valence-corrected chi connectivity index (χ1v) is 11.3. The van der Waals surface area contributed by atoms with Gasteiger partial charge in [-0.3, -0.25) is 19.5 Å². The fourth-order valence-corrected chi connectivity index (χ4v) is 6.63. The van der Waals surface area contributed by atoms with Gasteiger partial charge in [0.25, 0.3) is 11.1 Å². The van der Waals surface area contributed by atoms with Gasteiger partial charge in [0.15, 0.2) is 0 Å². The third-order valence-corrected chi connectivity index (χ3v) is 8.04. The zero-order valence-electron chi connectivity index (χ0n) is 18.0. The standard InChI is InChI=1S/C26H25N3O3/c1-26-19-8-4-2-6-16(19)25(17-7-3-5-9-20(17)26)18-14-28(15-21(18)26)23(31)12-13-29-24(32)11-10-22(30)27-29/h2-11,18,21,25H,12-15H2,1H3,(H,27,30). The Bertz CT molecular complexity index is 1310. The molecule has 1 amide bonds. The van der Waals surface area contributed by atoms with Crippen molar-refractivity contribution in [3.8, 4) is 0 Å². The predicted molar refractivity (Wildman–Crippen MR) is 121 cm³/mol. The highest BCUT2D eigenvalue weighted by Gasteiger charge is 2.59. The van der Waals surface area contributed by atoms with Crippen LogP contribution < -0.4 is 11.1 Å². The van der Waals surface area contributed by atoms with Gasteiger partial charge in [0.05, 0.1) is 6.54 Å². The van der Waals surface area contributed by atoms with Crippen LogP contribution in [-0.4, -0.2) is 33.7 Å². The fourth-order valence-electron chi connectivity index (χ4n) is 6.63. The Morgan fingerprint density at radius 3 is 2.31 bits per heavy atom. The lowest BCUT2D eigenvalue weighted by atomic mass is 9.48. The van der Waals surface area contributed by atoms with Crippen molar-refractivity contribution in [1.29, 1.82) is 0 Å². The molecular formula is C26H25N3O3. The van der Waals surface area contributed by atoms with Gasteiger partial charge >= 0.3 is 0 Å². The monoisotopic (exact) mass is 427 g/mol. The number of aromatic amines is 1. The molecular weight excluding hydrogens is 402 g/mol. The number of hydrogen-bond acceptors (Lipinski definition) is 3. The van der Waals surface area contributed by atoms with Crippen LogP contribution in [0.15, 0.2) is 70.3 Å². The first kappa shape index (κ1) is 19.3. The van der Waals surface area contributed by atoms with E-state index in [2.05, 4.69) is 60.6 Å². The van der Waals surface area contributed by atoms with E-state index in [4.69, 9.17) is 0 Å². The second-order valence-corrected chi connectivity index (χ2v) is 9.47. The molecule has 162 valence electrons. The van der Waals surface area contributed by atoms with E-state index in [1.54, 1.807) is 0 Å². The molecule has 2 unspecified atom stereocenters. The molecule has 6 heteroatoms. The first-order chi connectivity index (χ1) is 15.5. The zero-order valence-corrected chi connectivity index (χ0v) is 18.0. The molecule has 6 nitrogen and oxygen atoms in total. The number of likely N-dealkylation sites (tertiary alicyclic amines) is 1. The van der Waals surface area contributed by atoms with Crippen molar-refractivity contribution in [2.24, 2.45) is 11.8 Å². The minimum atomic E-state index is -0.343. The number of aryl methyl sites for hydroxylation is 1. The van der Waals surface area contributed by atoms with Crippen molar-refractivity contribution >= 4 is 5.91 Å². The number of H-pyrrole nitrogens is 1. The molecule has 1 saturated heterocycles. The fraction of sp³-hybridized carbons (Fsp3) is 0.346. The van der Waals surface area contributed by atoms with E-state index in [0.717, 1.165) is 13.1 Å². The molecule has 1 aromatic heterocycles. The number of benzene rings is 2. The van der Waals surface area contributed by atoms with E-state index in [-0.39, 0.29) is 35.4 Å². The second kappa shape index (κ2) is 6.79. The lowest BCUT2D eigenvalue weighted by molar-refractivity contribution is -0.130. The Morgan fingerprint density at radius 2 is 1.62 bits per heavy atom. The average Bonchev–Trinajstić information content (AvgIpc) is 3.27. The highest BCUT2D eigenvalue weighted by molar-refractivity contribution is 5.77. The van der Waals surface area contributed by atoms with Crippen molar-refractivity contribution < 1.29 is 4.79 Å². The summed E-state index contributed by atoms with van der Waals surface area (Å²) in [6.45, 7) is 3.98. The van der Waals surface area contributed by atoms with E-state index < -0.39 is 0 Å². The zero-order chi connectivity index (χ0) is 22.0. The van der Waals surface area contributed by atoms with Gasteiger partial charge in [-0.2, -0.15) is 0 Å². The molecule has 0 saturated carbocycles. The third kappa shape index (κ3) is 2.55. The Labute approximate surface area is 185 Å². The lowest BCUT2D eigenvalue weighted by Crippen LogP contribution is -2.50. The molecule has 2 heterocycles. The predicted octanol–water partition coefficient (Wildman–Crippen LogP) is 2.47. The maximum atomic E-state index is 13.2. The number of hydrogen-bond donors (Lipinski definition) is 1. The van der Waals surface area contributed by atoms with Crippen LogP contribution in [0, 0.1) is 11.8 Å². The summed E-state index contributed by atoms with van der Waals surface area (Å²) >= 11 is 0. The number of rotatable bonds is 3. The number of nitrogens with one attached hydrogen (secondary N) is 1. The maximum absolute atomic E-state index is 13.2. The second-order valence-electron chi connectivity index (χ2n) is 9.47. The van der Waals surface area contributed by atoms with Gasteiger partial charge in [-0.25, -0.2) is 4.68 Å². The van der Waals surface area contributed by atoms with Gasteiger partial charge in [-0.05, 0) is 34.1 Å². The van der Waals surface area contributed by atoms with Crippen molar-refractivity contribution in [3.63, 3.8) is 0 Å². The van der Waals surface area contributed by atoms with Gasteiger partial charge in [-0.15, -0.1) is 0 Å². The van der Waals surface area contributed by atoms with Gasteiger partial charge in [0.2, 0.25) is 5.91 Å². The Morgan fingerprint density at radius 1 is 0.969 bits per heavy atom. The minimum absolute atomic E-state index is 0.0344. The highest BCUT2D eigenvalue weighted by atomic mass is 16.2. The highest BCUT2D eigenvalue weighted by Crippen LogP contribution is 2.63. The van der Waals surface area contributed by atoms with Crippen LogP contribution in [0.4, 0.5) is 0 Å². The molecule has 3 aromatic rings. The van der Waals surface area contributed by atoms with Gasteiger partial charge < -0.3 is 4.90 Å². The van der Waals surface area contributed by atoms with Crippen LogP contribution in [0.25, 0.3) is 0 Å². The molecule has 0 radical (unpaired) electrons. The summed E-state index contributed by atoms with van der Waals surface area (Å²) in [6, 6.07) is 20.0. The molecule has 2 aromatic carbocycles. The van der Waals surface area contributed by atoms with E-state index in [1.807, 2.05) is 4.90 Å². The molecule has 1 N–H and O–H groups in total. The van der Waals surface area contributed by atoms with E-state index in [9.17, 15) is 14.4 Å². The van der Waals surface area contributed by atoms with Crippen molar-refractivity contribution in [2.45, 2.75) is 31.2 Å². The molecule has 2 atom stereocenters. The largest absolute Gasteiger partial charge is 0.342 e. The topological polar surface area (TPSA) is 75.2 Å². The van der Waals surface area contributed by atoms with E-state index in [0.29, 0.717) is 17.8 Å². The summed E-state index contributed by atoms with van der Waals surface area (Å²) < 4.78 is 1.22. The summed E-state index contributed by atoms with van der Waals surface area (Å²) in [5, 5.41) is 2.50. The molecule has 7 rings (SSSR count). The van der Waals surface area contributed by atoms with Crippen LogP contribution in [0.2, 0.25) is 0 Å². The van der Waals surface area contributed by atoms with Gasteiger partial charge in [0.1, 0.15) is 0 Å². The first-order valence-electron chi connectivity index (χ1n) is 11.3. The number of aromatic nitrogens is 2. The van der Waals surface area contributed by atoms with Crippen LogP contribution in [0.3, 0.4) is 0 Å². The lowest BCUT2D eigenvalue weighted by Gasteiger charge is -2.54. The third-order valence-electron chi connectivity index (χ3n) is 8.04. The summed E-state index contributed by atoms with van der Waals surface area (Å²) in [6.07, 6.45) is 0.195. The normalized spacial score (nSPS) is 27.0. The minimum Gasteiger partial charge on any atom is -0.342 e. The number of nitrogens with zero attached hydrogens (tertiary/aromatic N) is 2. The summed E-state index contributed by atoms with van der Waals surface area (Å²) in [7, 11) is 0. The molecule has 3 aliphatic carbocycles. The van der Waals surface area contributed by atoms with Crippen molar-refractivity contribution in [2.75, 3.05) is 13.1 Å². The summed E-state index contributed by atoms with van der Waals surface area (Å²) in [4.78, 5) is 38.6. The van der Waals surface area contributed by atoms with Crippen molar-refractivity contribution in [1.82, 2.24) is 14.7 Å². The Hall–Kier alpha value is -3.41. The number of carbonyl (C=O) groups excluding carboxylic acids is 1. The van der Waals surface area contributed by atoms with Gasteiger partial charge in [-0.1, -0.05) is 55.5 Å². The van der Waals surface area contributed by atoms with E-state index >= 15 is 0 Å². The Kier molecular flexibility index (Phi) is 4.09. The molecule has 4 aliphatic rings. The van der Waals surface area contributed by atoms with E-state index in [1.165, 1.54) is 39.1 Å². The molecule has 1 aliphatic heterocycles. The van der Waals surface area contributed by atoms with Crippen LogP contribution in [0.1, 0.15) is 41.5 Å². The maximum Gasteiger partial charge on any atom is 0.265 e. The average molecular weight is 428 g/mol. The van der Waals surface area contributed by atoms with Crippen LogP contribution >= 0.6 is 0 Å². The molecule has 0 spiro atoms. The smallest absolute Gasteiger partial charge is 0.265 e. The molecule has 2 bridgehead atoms. The molecule has 1 fully saturated rings. The van der Waals surface area contributed by atoms with Crippen LogP contribution in [-0.2, 0) is 16.8 Å². The summed E-state index contributed by atoms with van der Waals surface area (Å²) in [5.74, 6) is 1.08. The summed E-state index contributed by atoms with van der Waals surface area (Å²) in [5.41, 5.74) is 4.83.